The number of halogens is 2. The molecule has 0 aliphatic carbocycles. The molecule has 1 saturated heterocycles. The normalized spacial score (nSPS) is 20.7. The van der Waals surface area contributed by atoms with Gasteiger partial charge in [-0.15, -0.1) is 0 Å². The van der Waals surface area contributed by atoms with Gasteiger partial charge in [-0.3, -0.25) is 4.79 Å². The summed E-state index contributed by atoms with van der Waals surface area (Å²) in [6, 6.07) is 5.24. The predicted octanol–water partition coefficient (Wildman–Crippen LogP) is 3.35. The number of amides is 1. The van der Waals surface area contributed by atoms with Crippen molar-refractivity contribution in [3.63, 3.8) is 0 Å². The van der Waals surface area contributed by atoms with Crippen molar-refractivity contribution < 1.29 is 9.53 Å². The van der Waals surface area contributed by atoms with Crippen molar-refractivity contribution in [1.29, 1.82) is 0 Å². The smallest absolute Gasteiger partial charge is 0.249 e. The summed E-state index contributed by atoms with van der Waals surface area (Å²) in [5.74, 6) is -0.0638. The first-order valence-electron chi connectivity index (χ1n) is 5.95. The number of carbonyl (C=O) groups is 1. The second-order valence-corrected chi connectivity index (χ2v) is 5.22. The molecule has 2 atom stereocenters. The Morgan fingerprint density at radius 2 is 2.22 bits per heavy atom. The van der Waals surface area contributed by atoms with Gasteiger partial charge in [0.25, 0.3) is 0 Å². The molecule has 0 unspecified atom stereocenters. The Balaban J connectivity index is 2.00. The lowest BCUT2D eigenvalue weighted by molar-refractivity contribution is -0.130. The van der Waals surface area contributed by atoms with E-state index in [2.05, 4.69) is 5.32 Å². The van der Waals surface area contributed by atoms with E-state index in [-0.39, 0.29) is 18.1 Å². The summed E-state index contributed by atoms with van der Waals surface area (Å²) < 4.78 is 5.34. The highest BCUT2D eigenvalue weighted by molar-refractivity contribution is 6.42. The van der Waals surface area contributed by atoms with Crippen molar-refractivity contribution in [1.82, 2.24) is 5.32 Å². The third kappa shape index (κ3) is 3.16. The highest BCUT2D eigenvalue weighted by Crippen LogP contribution is 2.25. The molecule has 5 heteroatoms. The average molecular weight is 288 g/mol. The van der Waals surface area contributed by atoms with E-state index in [9.17, 15) is 4.79 Å². The van der Waals surface area contributed by atoms with Crippen LogP contribution in [0.25, 0.3) is 0 Å². The zero-order chi connectivity index (χ0) is 13.1. The monoisotopic (exact) mass is 287 g/mol. The molecule has 0 aromatic heterocycles. The lowest BCUT2D eigenvalue weighted by atomic mass is 10.1. The summed E-state index contributed by atoms with van der Waals surface area (Å²) in [7, 11) is 0. The molecule has 0 radical (unpaired) electrons. The molecule has 1 amide bonds. The molecule has 0 saturated carbocycles. The molecule has 0 bridgehead atoms. The van der Waals surface area contributed by atoms with Crippen LogP contribution in [0, 0.1) is 0 Å². The molecule has 1 fully saturated rings. The minimum Gasteiger partial charge on any atom is -0.368 e. The Kier molecular flexibility index (Phi) is 4.49. The van der Waals surface area contributed by atoms with E-state index in [0.29, 0.717) is 16.7 Å². The Hall–Kier alpha value is -0.770. The third-order valence-electron chi connectivity index (χ3n) is 3.02. The van der Waals surface area contributed by atoms with Crippen molar-refractivity contribution in [2.24, 2.45) is 0 Å². The highest BCUT2D eigenvalue weighted by Gasteiger charge is 2.24. The number of carbonyl (C=O) groups excluding carboxylic acids is 1. The van der Waals surface area contributed by atoms with E-state index in [1.165, 1.54) is 0 Å². The first-order valence-corrected chi connectivity index (χ1v) is 6.70. The van der Waals surface area contributed by atoms with Gasteiger partial charge in [-0.1, -0.05) is 29.3 Å². The zero-order valence-electron chi connectivity index (χ0n) is 10.1. The van der Waals surface area contributed by atoms with Gasteiger partial charge < -0.3 is 10.1 Å². The van der Waals surface area contributed by atoms with Crippen molar-refractivity contribution >= 4 is 29.1 Å². The van der Waals surface area contributed by atoms with Gasteiger partial charge in [0, 0.05) is 6.61 Å². The van der Waals surface area contributed by atoms with Crippen molar-refractivity contribution in [3.8, 4) is 0 Å². The Labute approximate surface area is 116 Å². The molecule has 1 aliphatic heterocycles. The Bertz CT molecular complexity index is 445. The average Bonchev–Trinajstić information content (AvgIpc) is 2.86. The van der Waals surface area contributed by atoms with Crippen molar-refractivity contribution in [3.05, 3.63) is 33.8 Å². The molecule has 1 N–H and O–H groups in total. The zero-order valence-corrected chi connectivity index (χ0v) is 11.6. The molecule has 1 aromatic carbocycles. The summed E-state index contributed by atoms with van der Waals surface area (Å²) in [4.78, 5) is 11.9. The molecule has 1 aliphatic rings. The maximum atomic E-state index is 11.9. The lowest BCUT2D eigenvalue weighted by Gasteiger charge is -2.17. The summed E-state index contributed by atoms with van der Waals surface area (Å²) >= 11 is 11.8. The van der Waals surface area contributed by atoms with E-state index < -0.39 is 0 Å². The SMILES string of the molecule is C[C@H](NC(=O)[C@@H]1CCCO1)c1ccc(Cl)c(Cl)c1. The van der Waals surface area contributed by atoms with E-state index in [1.807, 2.05) is 13.0 Å². The quantitative estimate of drug-likeness (QED) is 0.926. The molecular weight excluding hydrogens is 273 g/mol. The van der Waals surface area contributed by atoms with E-state index >= 15 is 0 Å². The van der Waals surface area contributed by atoms with Crippen LogP contribution in [0.2, 0.25) is 10.0 Å². The second-order valence-electron chi connectivity index (χ2n) is 4.41. The molecule has 1 aromatic rings. The third-order valence-corrected chi connectivity index (χ3v) is 3.76. The summed E-state index contributed by atoms with van der Waals surface area (Å²) in [5.41, 5.74) is 0.927. The van der Waals surface area contributed by atoms with Crippen LogP contribution in [-0.4, -0.2) is 18.6 Å². The Morgan fingerprint density at radius 1 is 1.44 bits per heavy atom. The number of hydrogen-bond donors (Lipinski definition) is 1. The first-order chi connectivity index (χ1) is 8.58. The van der Waals surface area contributed by atoms with Crippen LogP contribution < -0.4 is 5.32 Å². The van der Waals surface area contributed by atoms with Gasteiger partial charge in [-0.25, -0.2) is 0 Å². The minimum atomic E-state index is -0.310. The van der Waals surface area contributed by atoms with Gasteiger partial charge in [-0.05, 0) is 37.5 Å². The van der Waals surface area contributed by atoms with Crippen LogP contribution in [0.1, 0.15) is 31.4 Å². The standard InChI is InChI=1S/C13H15Cl2NO2/c1-8(9-4-5-10(14)11(15)7-9)16-13(17)12-3-2-6-18-12/h4-5,7-8,12H,2-3,6H2,1H3,(H,16,17)/t8-,12-/m0/s1. The minimum absolute atomic E-state index is 0.0638. The van der Waals surface area contributed by atoms with Crippen LogP contribution in [0.3, 0.4) is 0 Å². The van der Waals surface area contributed by atoms with E-state index in [4.69, 9.17) is 27.9 Å². The molecule has 3 nitrogen and oxygen atoms in total. The van der Waals surface area contributed by atoms with Gasteiger partial charge >= 0.3 is 0 Å². The number of benzene rings is 1. The fraction of sp³-hybridized carbons (Fsp3) is 0.462. The maximum absolute atomic E-state index is 11.9. The molecular formula is C13H15Cl2NO2. The first kappa shape index (κ1) is 13.7. The largest absolute Gasteiger partial charge is 0.368 e. The molecule has 0 spiro atoms. The number of rotatable bonds is 3. The fourth-order valence-electron chi connectivity index (χ4n) is 1.96. The second kappa shape index (κ2) is 5.91. The van der Waals surface area contributed by atoms with Gasteiger partial charge in [0.1, 0.15) is 6.10 Å². The van der Waals surface area contributed by atoms with Crippen LogP contribution in [0.15, 0.2) is 18.2 Å². The topological polar surface area (TPSA) is 38.3 Å². The van der Waals surface area contributed by atoms with Gasteiger partial charge in [0.2, 0.25) is 5.91 Å². The molecule has 98 valence electrons. The molecule has 18 heavy (non-hydrogen) atoms. The van der Waals surface area contributed by atoms with E-state index in [1.54, 1.807) is 12.1 Å². The summed E-state index contributed by atoms with van der Waals surface area (Å²) in [5, 5.41) is 3.92. The van der Waals surface area contributed by atoms with Crippen LogP contribution in [0.5, 0.6) is 0 Å². The highest BCUT2D eigenvalue weighted by atomic mass is 35.5. The van der Waals surface area contributed by atoms with Crippen molar-refractivity contribution in [2.75, 3.05) is 6.61 Å². The van der Waals surface area contributed by atoms with Crippen LogP contribution in [0.4, 0.5) is 0 Å². The lowest BCUT2D eigenvalue weighted by Crippen LogP contribution is -2.35. The summed E-state index contributed by atoms with van der Waals surface area (Å²) in [6.45, 7) is 2.58. The fourth-order valence-corrected chi connectivity index (χ4v) is 2.26. The maximum Gasteiger partial charge on any atom is 0.249 e. The molecule has 1 heterocycles. The van der Waals surface area contributed by atoms with Crippen LogP contribution in [-0.2, 0) is 9.53 Å². The van der Waals surface area contributed by atoms with Gasteiger partial charge in [0.05, 0.1) is 16.1 Å². The molecule has 2 rings (SSSR count). The number of hydrogen-bond acceptors (Lipinski definition) is 2. The van der Waals surface area contributed by atoms with Gasteiger partial charge in [0.15, 0.2) is 0 Å². The van der Waals surface area contributed by atoms with Gasteiger partial charge in [-0.2, -0.15) is 0 Å². The van der Waals surface area contributed by atoms with Crippen molar-refractivity contribution in [2.45, 2.75) is 31.9 Å². The Morgan fingerprint density at radius 3 is 2.83 bits per heavy atom. The summed E-state index contributed by atoms with van der Waals surface area (Å²) in [6.07, 6.45) is 1.43. The van der Waals surface area contributed by atoms with Crippen LogP contribution >= 0.6 is 23.2 Å². The van der Waals surface area contributed by atoms with E-state index in [0.717, 1.165) is 18.4 Å². The predicted molar refractivity (Wildman–Crippen MR) is 72.0 cm³/mol. The number of ether oxygens (including phenoxy) is 1. The number of nitrogens with one attached hydrogen (secondary N) is 1.